The molecule has 1 aromatic rings. The van der Waals surface area contributed by atoms with Gasteiger partial charge in [0.1, 0.15) is 5.75 Å². The van der Waals surface area contributed by atoms with Gasteiger partial charge in [-0.15, -0.1) is 0 Å². The number of ether oxygens (including phenoxy) is 1. The van der Waals surface area contributed by atoms with Gasteiger partial charge in [-0.05, 0) is 19.1 Å². The Labute approximate surface area is 118 Å². The van der Waals surface area contributed by atoms with Crippen LogP contribution in [0.15, 0.2) is 18.2 Å². The van der Waals surface area contributed by atoms with Crippen LogP contribution < -0.4 is 10.1 Å². The quantitative estimate of drug-likeness (QED) is 0.435. The molecule has 1 unspecified atom stereocenters. The molecule has 1 aromatic carbocycles. The molecular weight excluding hydrogens is 262 g/mol. The van der Waals surface area contributed by atoms with Crippen molar-refractivity contribution in [3.05, 3.63) is 29.3 Å². The van der Waals surface area contributed by atoms with Gasteiger partial charge in [0.05, 0.1) is 38.6 Å². The van der Waals surface area contributed by atoms with Crippen molar-refractivity contribution < 1.29 is 25.2 Å². The average molecular weight is 285 g/mol. The second-order valence-corrected chi connectivity index (χ2v) is 4.90. The Morgan fingerprint density at radius 3 is 2.30 bits per heavy atom. The van der Waals surface area contributed by atoms with E-state index in [2.05, 4.69) is 5.32 Å². The van der Waals surface area contributed by atoms with E-state index < -0.39 is 31.5 Å². The summed E-state index contributed by atoms with van der Waals surface area (Å²) in [4.78, 5) is 0. The van der Waals surface area contributed by atoms with Crippen molar-refractivity contribution in [3.8, 4) is 5.75 Å². The number of aryl methyl sites for hydroxylation is 1. The summed E-state index contributed by atoms with van der Waals surface area (Å²) < 4.78 is 5.20. The number of β-amino-alcohol motifs (C(OH)–C–C–N with tert-alkyl or cyclic N) is 1. The van der Waals surface area contributed by atoms with Gasteiger partial charge in [-0.2, -0.15) is 0 Å². The van der Waals surface area contributed by atoms with E-state index in [4.69, 9.17) is 4.74 Å². The molecule has 5 N–H and O–H groups in total. The Hall–Kier alpha value is -1.18. The fourth-order valence-electron chi connectivity index (χ4n) is 1.86. The third-order valence-electron chi connectivity index (χ3n) is 3.32. The van der Waals surface area contributed by atoms with Crippen molar-refractivity contribution in [2.45, 2.75) is 18.6 Å². The van der Waals surface area contributed by atoms with Crippen LogP contribution in [-0.4, -0.2) is 59.4 Å². The Morgan fingerprint density at radius 1 is 1.20 bits per heavy atom. The number of hydrogen-bond donors (Lipinski definition) is 5. The monoisotopic (exact) mass is 285 g/mol. The van der Waals surface area contributed by atoms with E-state index >= 15 is 0 Å². The molecule has 0 amide bonds. The van der Waals surface area contributed by atoms with Gasteiger partial charge in [-0.25, -0.2) is 0 Å². The van der Waals surface area contributed by atoms with Crippen molar-refractivity contribution in [1.29, 1.82) is 0 Å². The van der Waals surface area contributed by atoms with E-state index in [-0.39, 0.29) is 6.54 Å². The number of nitrogens with one attached hydrogen (secondary N) is 1. The van der Waals surface area contributed by atoms with Crippen LogP contribution in [-0.2, 0) is 0 Å². The lowest BCUT2D eigenvalue weighted by Gasteiger charge is -2.30. The normalized spacial score (nSPS) is 13.3. The zero-order valence-corrected chi connectivity index (χ0v) is 11.8. The smallest absolute Gasteiger partial charge is 0.124 e. The summed E-state index contributed by atoms with van der Waals surface area (Å²) in [5, 5.41) is 40.7. The third-order valence-corrected chi connectivity index (χ3v) is 3.32. The maximum atomic E-state index is 10.2. The lowest BCUT2D eigenvalue weighted by atomic mass is 10.0. The first-order valence-corrected chi connectivity index (χ1v) is 6.42. The maximum Gasteiger partial charge on any atom is 0.124 e. The zero-order chi connectivity index (χ0) is 15.2. The molecule has 0 heterocycles. The van der Waals surface area contributed by atoms with Gasteiger partial charge in [0.25, 0.3) is 0 Å². The number of benzene rings is 1. The van der Waals surface area contributed by atoms with E-state index in [0.717, 1.165) is 5.56 Å². The number of hydrogen-bond acceptors (Lipinski definition) is 6. The predicted octanol–water partition coefficient (Wildman–Crippen LogP) is -0.658. The summed E-state index contributed by atoms with van der Waals surface area (Å²) in [5.74, 6) is 0.562. The molecule has 0 aliphatic carbocycles. The molecule has 0 spiro atoms. The Kier molecular flexibility index (Phi) is 6.38. The van der Waals surface area contributed by atoms with Crippen LogP contribution in [0.3, 0.4) is 0 Å². The third kappa shape index (κ3) is 3.91. The molecule has 6 heteroatoms. The topological polar surface area (TPSA) is 102 Å². The highest BCUT2D eigenvalue weighted by atomic mass is 16.5. The van der Waals surface area contributed by atoms with Gasteiger partial charge in [0, 0.05) is 12.1 Å². The van der Waals surface area contributed by atoms with Gasteiger partial charge in [0.2, 0.25) is 0 Å². The van der Waals surface area contributed by atoms with Crippen molar-refractivity contribution in [2.24, 2.45) is 0 Å². The van der Waals surface area contributed by atoms with Crippen LogP contribution in [0, 0.1) is 6.92 Å². The second kappa shape index (κ2) is 7.56. The van der Waals surface area contributed by atoms with E-state index in [1.165, 1.54) is 7.11 Å². The SMILES string of the molecule is COc1ccc(C)cc1C(O)CNC(CO)(CO)CO. The van der Waals surface area contributed by atoms with Gasteiger partial charge < -0.3 is 30.5 Å². The van der Waals surface area contributed by atoms with Crippen LogP contribution >= 0.6 is 0 Å². The fraction of sp³-hybridized carbons (Fsp3) is 0.571. The van der Waals surface area contributed by atoms with E-state index in [1.807, 2.05) is 19.1 Å². The second-order valence-electron chi connectivity index (χ2n) is 4.90. The molecule has 6 nitrogen and oxygen atoms in total. The van der Waals surface area contributed by atoms with Gasteiger partial charge in [-0.3, -0.25) is 0 Å². The highest BCUT2D eigenvalue weighted by Crippen LogP contribution is 2.26. The standard InChI is InChI=1S/C14H23NO5/c1-10-3-4-13(20-2)11(5-10)12(19)6-15-14(7-16,8-17)9-18/h3-5,12,15-19H,6-9H2,1-2H3. The minimum Gasteiger partial charge on any atom is -0.496 e. The van der Waals surface area contributed by atoms with Crippen molar-refractivity contribution in [2.75, 3.05) is 33.5 Å². The van der Waals surface area contributed by atoms with Crippen LogP contribution in [0.25, 0.3) is 0 Å². The van der Waals surface area contributed by atoms with Crippen LogP contribution in [0.2, 0.25) is 0 Å². The number of rotatable bonds is 8. The molecule has 1 rings (SSSR count). The molecule has 0 aliphatic heterocycles. The summed E-state index contributed by atoms with van der Waals surface area (Å²) in [7, 11) is 1.52. The summed E-state index contributed by atoms with van der Waals surface area (Å²) in [5.41, 5.74) is 0.387. The molecular formula is C14H23NO5. The van der Waals surface area contributed by atoms with Crippen molar-refractivity contribution in [1.82, 2.24) is 5.32 Å². The zero-order valence-electron chi connectivity index (χ0n) is 11.8. The Bertz CT molecular complexity index is 412. The first-order chi connectivity index (χ1) is 9.51. The summed E-state index contributed by atoms with van der Waals surface area (Å²) in [6, 6.07) is 5.46. The van der Waals surface area contributed by atoms with E-state index in [1.54, 1.807) is 6.07 Å². The number of methoxy groups -OCH3 is 1. The van der Waals surface area contributed by atoms with E-state index in [9.17, 15) is 20.4 Å². The highest BCUT2D eigenvalue weighted by molar-refractivity contribution is 5.38. The minimum atomic E-state index is -1.21. The van der Waals surface area contributed by atoms with Crippen LogP contribution in [0.1, 0.15) is 17.2 Å². The molecule has 1 atom stereocenters. The van der Waals surface area contributed by atoms with Crippen molar-refractivity contribution >= 4 is 0 Å². The molecule has 0 saturated carbocycles. The summed E-state index contributed by atoms with van der Waals surface area (Å²) in [6.07, 6.45) is -0.881. The largest absolute Gasteiger partial charge is 0.496 e. The highest BCUT2D eigenvalue weighted by Gasteiger charge is 2.28. The van der Waals surface area contributed by atoms with Crippen LogP contribution in [0.4, 0.5) is 0 Å². The lowest BCUT2D eigenvalue weighted by molar-refractivity contribution is 0.0320. The minimum absolute atomic E-state index is 0.0709. The van der Waals surface area contributed by atoms with Crippen molar-refractivity contribution in [3.63, 3.8) is 0 Å². The van der Waals surface area contributed by atoms with Gasteiger partial charge >= 0.3 is 0 Å². The predicted molar refractivity (Wildman–Crippen MR) is 74.7 cm³/mol. The van der Waals surface area contributed by atoms with Gasteiger partial charge in [0.15, 0.2) is 0 Å². The fourth-order valence-corrected chi connectivity index (χ4v) is 1.86. The molecule has 0 fully saturated rings. The summed E-state index contributed by atoms with van der Waals surface area (Å²) in [6.45, 7) is 0.678. The number of aliphatic hydroxyl groups is 4. The molecule has 0 saturated heterocycles. The molecule has 114 valence electrons. The average Bonchev–Trinajstić information content (AvgIpc) is 2.49. The molecule has 0 bridgehead atoms. The van der Waals surface area contributed by atoms with Gasteiger partial charge in [-0.1, -0.05) is 11.6 Å². The summed E-state index contributed by atoms with van der Waals surface area (Å²) >= 11 is 0. The molecule has 0 aromatic heterocycles. The molecule has 20 heavy (non-hydrogen) atoms. The lowest BCUT2D eigenvalue weighted by Crippen LogP contribution is -2.55. The maximum absolute atomic E-state index is 10.2. The molecule has 0 radical (unpaired) electrons. The first kappa shape index (κ1) is 16.9. The van der Waals surface area contributed by atoms with Crippen LogP contribution in [0.5, 0.6) is 5.75 Å². The first-order valence-electron chi connectivity index (χ1n) is 6.42. The Balaban J connectivity index is 2.81. The molecule has 0 aliphatic rings. The number of aliphatic hydroxyl groups excluding tert-OH is 4. The van der Waals surface area contributed by atoms with E-state index in [0.29, 0.717) is 11.3 Å². The Morgan fingerprint density at radius 2 is 1.80 bits per heavy atom.